The second-order valence-corrected chi connectivity index (χ2v) is 15.8. The van der Waals surface area contributed by atoms with Crippen molar-refractivity contribution in [3.05, 3.63) is 0 Å². The highest BCUT2D eigenvalue weighted by molar-refractivity contribution is 7.51. The van der Waals surface area contributed by atoms with Gasteiger partial charge in [0.2, 0.25) is 0 Å². The van der Waals surface area contributed by atoms with E-state index in [4.69, 9.17) is 14.8 Å². The van der Waals surface area contributed by atoms with Gasteiger partial charge in [-0.15, -0.1) is 0 Å². The van der Waals surface area contributed by atoms with Crippen LogP contribution < -0.4 is 15.9 Å². The SMILES string of the molecule is CC(C)(C)N=CN.CCOP(=O)(NC(C)(C)C)OCC.CN=CC(C)(C)C.COP(=O)(NC(C)(C)C)OC. The summed E-state index contributed by atoms with van der Waals surface area (Å²) in [5, 5.41) is 5.59. The molecular weight excluding hydrogens is 528 g/mol. The molecule has 0 amide bonds. The molecule has 232 valence electrons. The van der Waals surface area contributed by atoms with E-state index in [1.165, 1.54) is 20.6 Å². The van der Waals surface area contributed by atoms with Gasteiger partial charge in [0.15, 0.2) is 0 Å². The van der Waals surface area contributed by atoms with Crippen LogP contribution in [0.15, 0.2) is 9.98 Å². The number of aliphatic imine (C=N–C) groups is 2. The van der Waals surface area contributed by atoms with Crippen LogP contribution in [0.25, 0.3) is 0 Å². The van der Waals surface area contributed by atoms with Crippen molar-refractivity contribution in [2.45, 2.75) is 114 Å². The summed E-state index contributed by atoms with van der Waals surface area (Å²) in [4.78, 5) is 7.79. The lowest BCUT2D eigenvalue weighted by Gasteiger charge is -2.26. The Morgan fingerprint density at radius 2 is 1.08 bits per heavy atom. The van der Waals surface area contributed by atoms with Crippen LogP contribution >= 0.6 is 15.5 Å². The fourth-order valence-electron chi connectivity index (χ4n) is 2.04. The molecule has 0 fully saturated rings. The second kappa shape index (κ2) is 20.3. The van der Waals surface area contributed by atoms with Crippen LogP contribution in [0.4, 0.5) is 0 Å². The standard InChI is InChI=1S/C8H20NO3P.C6H16NO3P.C6H13N.C5H12N2/c1-6-11-13(10,12-7-2)9-8(3,4)5;1-6(2,3)7-11(8,9-4)10-5;1-6(2,3)5-7-4;1-5(2,3)7-4-6/h6-7H2,1-5H3,(H,9,10);1-5H3,(H,7,8);5H,1-4H3;4H,1-3H3,(H2,6,7). The molecule has 0 aromatic carbocycles. The van der Waals surface area contributed by atoms with E-state index >= 15 is 0 Å². The fraction of sp³-hybridized carbons (Fsp3) is 0.920. The first-order valence-electron chi connectivity index (χ1n) is 12.7. The Kier molecular flexibility index (Phi) is 23.7. The largest absolute Gasteiger partial charge is 0.405 e. The number of nitrogens with one attached hydrogen (secondary N) is 2. The van der Waals surface area contributed by atoms with Gasteiger partial charge in [0, 0.05) is 38.6 Å². The topological polar surface area (TPSA) is 146 Å². The highest BCUT2D eigenvalue weighted by Crippen LogP contribution is 2.45. The molecule has 0 saturated heterocycles. The monoisotopic (exact) mass is 589 g/mol. The first kappa shape index (κ1) is 44.4. The molecule has 0 saturated carbocycles. The number of hydrogen-bond acceptors (Lipinski definition) is 8. The zero-order valence-corrected chi connectivity index (χ0v) is 29.2. The minimum absolute atomic E-state index is 0.00521. The van der Waals surface area contributed by atoms with E-state index in [0.29, 0.717) is 13.2 Å². The molecule has 0 spiro atoms. The average Bonchev–Trinajstić information content (AvgIpc) is 2.65. The average molecular weight is 590 g/mol. The van der Waals surface area contributed by atoms with Gasteiger partial charge in [-0.25, -0.2) is 19.3 Å². The van der Waals surface area contributed by atoms with Crippen molar-refractivity contribution in [1.29, 1.82) is 0 Å². The van der Waals surface area contributed by atoms with Gasteiger partial charge < -0.3 is 19.8 Å². The van der Waals surface area contributed by atoms with Crippen molar-refractivity contribution < 1.29 is 27.2 Å². The summed E-state index contributed by atoms with van der Waals surface area (Å²) in [5.74, 6) is 0. The maximum Gasteiger partial charge on any atom is 0.405 e. The molecule has 0 unspecified atom stereocenters. The molecule has 0 heterocycles. The molecule has 0 bridgehead atoms. The Labute approximate surface area is 234 Å². The number of nitrogens with two attached hydrogens (primary N) is 1. The summed E-state index contributed by atoms with van der Waals surface area (Å²) >= 11 is 0. The van der Waals surface area contributed by atoms with E-state index in [0.717, 1.165) is 0 Å². The van der Waals surface area contributed by atoms with Crippen molar-refractivity contribution in [2.75, 3.05) is 34.5 Å². The molecular formula is C25H61N5O6P2. The van der Waals surface area contributed by atoms with Crippen molar-refractivity contribution in [2.24, 2.45) is 21.1 Å². The summed E-state index contributed by atoms with van der Waals surface area (Å²) in [6, 6.07) is 0. The van der Waals surface area contributed by atoms with Crippen LogP contribution in [-0.4, -0.2) is 63.7 Å². The maximum atomic E-state index is 11.9. The van der Waals surface area contributed by atoms with Crippen molar-refractivity contribution in [3.8, 4) is 0 Å². The molecule has 4 N–H and O–H groups in total. The van der Waals surface area contributed by atoms with Crippen LogP contribution in [0.3, 0.4) is 0 Å². The van der Waals surface area contributed by atoms with Crippen LogP contribution in [0, 0.1) is 5.41 Å². The molecule has 0 aromatic heterocycles. The summed E-state index contributed by atoms with van der Waals surface area (Å²) in [7, 11) is -1.65. The van der Waals surface area contributed by atoms with Gasteiger partial charge in [-0.05, 0) is 81.6 Å². The Morgan fingerprint density at radius 3 is 1.18 bits per heavy atom. The lowest BCUT2D eigenvalue weighted by atomic mass is 9.99. The summed E-state index contributed by atoms with van der Waals surface area (Å²) < 4.78 is 42.8. The molecule has 0 rings (SSSR count). The van der Waals surface area contributed by atoms with Gasteiger partial charge in [-0.2, -0.15) is 0 Å². The third-order valence-electron chi connectivity index (χ3n) is 3.00. The number of rotatable bonds is 8. The highest BCUT2D eigenvalue weighted by Gasteiger charge is 2.29. The van der Waals surface area contributed by atoms with Gasteiger partial charge in [0.25, 0.3) is 0 Å². The van der Waals surface area contributed by atoms with Gasteiger partial charge in [0.1, 0.15) is 0 Å². The normalized spacial score (nSPS) is 13.3. The number of nitrogens with zero attached hydrogens (tertiary/aromatic N) is 2. The van der Waals surface area contributed by atoms with E-state index in [1.807, 2.05) is 68.5 Å². The van der Waals surface area contributed by atoms with Crippen molar-refractivity contribution in [1.82, 2.24) is 10.2 Å². The van der Waals surface area contributed by atoms with Gasteiger partial charge in [0.05, 0.1) is 25.1 Å². The van der Waals surface area contributed by atoms with Gasteiger partial charge in [-0.3, -0.25) is 14.0 Å². The molecule has 0 atom stereocenters. The first-order valence-corrected chi connectivity index (χ1v) is 15.7. The Balaban J connectivity index is -0.000000210. The van der Waals surface area contributed by atoms with Crippen LogP contribution in [0.2, 0.25) is 0 Å². The molecule has 0 radical (unpaired) electrons. The summed E-state index contributed by atoms with van der Waals surface area (Å²) in [6.07, 6.45) is 3.27. The van der Waals surface area contributed by atoms with Crippen molar-refractivity contribution in [3.63, 3.8) is 0 Å². The predicted octanol–water partition coefficient (Wildman–Crippen LogP) is 6.84. The first-order chi connectivity index (χ1) is 16.8. The summed E-state index contributed by atoms with van der Waals surface area (Å²) in [5.41, 5.74) is 4.72. The van der Waals surface area contributed by atoms with Crippen LogP contribution in [0.1, 0.15) is 96.9 Å². The fourth-order valence-corrected chi connectivity index (χ4v) is 4.90. The zero-order valence-electron chi connectivity index (χ0n) is 27.4. The molecule has 0 aliphatic heterocycles. The van der Waals surface area contributed by atoms with Gasteiger partial charge >= 0.3 is 15.5 Å². The quantitative estimate of drug-likeness (QED) is 0.157. The lowest BCUT2D eigenvalue weighted by Crippen LogP contribution is -2.34. The van der Waals surface area contributed by atoms with Crippen LogP contribution in [-0.2, 0) is 27.2 Å². The van der Waals surface area contributed by atoms with E-state index in [9.17, 15) is 9.13 Å². The third kappa shape index (κ3) is 37.5. The minimum Gasteiger partial charge on any atom is -0.390 e. The zero-order chi connectivity index (χ0) is 31.5. The van der Waals surface area contributed by atoms with Crippen molar-refractivity contribution >= 4 is 28.0 Å². The Hall–Kier alpha value is -0.640. The second-order valence-electron chi connectivity index (χ2n) is 12.1. The minimum atomic E-state index is -3.09. The Morgan fingerprint density at radius 1 is 0.737 bits per heavy atom. The molecule has 11 nitrogen and oxygen atoms in total. The molecule has 0 aliphatic carbocycles. The van der Waals surface area contributed by atoms with E-state index in [-0.39, 0.29) is 22.0 Å². The third-order valence-corrected chi connectivity index (χ3v) is 7.05. The van der Waals surface area contributed by atoms with Gasteiger partial charge in [-0.1, -0.05) is 20.8 Å². The Bertz CT molecular complexity index is 694. The molecule has 38 heavy (non-hydrogen) atoms. The lowest BCUT2D eigenvalue weighted by molar-refractivity contribution is 0.201. The van der Waals surface area contributed by atoms with E-state index in [2.05, 4.69) is 50.0 Å². The maximum absolute atomic E-state index is 11.9. The molecule has 0 aromatic rings. The molecule has 13 heteroatoms. The smallest absolute Gasteiger partial charge is 0.390 e. The predicted molar refractivity (Wildman–Crippen MR) is 165 cm³/mol. The van der Waals surface area contributed by atoms with E-state index < -0.39 is 15.5 Å². The highest BCUT2D eigenvalue weighted by atomic mass is 31.2. The van der Waals surface area contributed by atoms with Crippen LogP contribution in [0.5, 0.6) is 0 Å². The molecule has 0 aliphatic rings. The number of hydrogen-bond donors (Lipinski definition) is 3. The van der Waals surface area contributed by atoms with E-state index in [1.54, 1.807) is 20.9 Å². The summed E-state index contributed by atoms with van der Waals surface area (Å²) in [6.45, 7) is 28.1.